The molecule has 0 aliphatic carbocycles. The molecule has 3 aromatic rings. The molecule has 0 saturated carbocycles. The molecule has 1 fully saturated rings. The van der Waals surface area contributed by atoms with Gasteiger partial charge >= 0.3 is 0 Å². The number of para-hydroxylation sites is 1. The second kappa shape index (κ2) is 9.89. The van der Waals surface area contributed by atoms with Gasteiger partial charge in [-0.3, -0.25) is 29.4 Å². The Morgan fingerprint density at radius 1 is 1.11 bits per heavy atom. The monoisotopic (exact) mass is 498 g/mol. The molecule has 178 valence electrons. The first kappa shape index (κ1) is 23.8. The van der Waals surface area contributed by atoms with E-state index in [1.54, 1.807) is 41.1 Å². The van der Waals surface area contributed by atoms with Crippen LogP contribution in [0.2, 0.25) is 0 Å². The van der Waals surface area contributed by atoms with Gasteiger partial charge in [0.15, 0.2) is 0 Å². The predicted octanol–water partition coefficient (Wildman–Crippen LogP) is 4.40. The Balaban J connectivity index is 1.48. The molecule has 1 N–H and O–H groups in total. The van der Waals surface area contributed by atoms with Crippen molar-refractivity contribution in [3.05, 3.63) is 98.7 Å². The number of thioether (sulfide) groups is 1. The van der Waals surface area contributed by atoms with Crippen molar-refractivity contribution >= 4 is 46.3 Å². The van der Waals surface area contributed by atoms with Crippen LogP contribution in [-0.4, -0.2) is 38.0 Å². The number of benzene rings is 2. The molecular formula is C23H16F2N4O5S. The van der Waals surface area contributed by atoms with E-state index in [1.807, 2.05) is 0 Å². The summed E-state index contributed by atoms with van der Waals surface area (Å²) < 4.78 is 28.5. The lowest BCUT2D eigenvalue weighted by Crippen LogP contribution is -2.36. The summed E-state index contributed by atoms with van der Waals surface area (Å²) in [5.74, 6) is -3.36. The Hall–Kier alpha value is -4.32. The van der Waals surface area contributed by atoms with Crippen LogP contribution in [0.15, 0.2) is 65.7 Å². The second-order valence-electron chi connectivity index (χ2n) is 7.39. The number of aromatic nitrogens is 1. The van der Waals surface area contributed by atoms with Crippen LogP contribution in [0.5, 0.6) is 0 Å². The SMILES string of the molecule is O=C(CN1C(=O)S/C(=C/c2cccn2Cc2ccccc2[N+](=O)[O-])C1=O)Nc1ccc(F)cc1F. The Bertz CT molecular complexity index is 1390. The predicted molar refractivity (Wildman–Crippen MR) is 124 cm³/mol. The van der Waals surface area contributed by atoms with Crippen LogP contribution in [0, 0.1) is 21.7 Å². The number of rotatable bonds is 7. The number of anilines is 1. The number of nitro groups is 1. The fourth-order valence-corrected chi connectivity index (χ4v) is 4.23. The zero-order valence-corrected chi connectivity index (χ0v) is 18.6. The molecule has 1 aromatic heterocycles. The third-order valence-electron chi connectivity index (χ3n) is 5.05. The highest BCUT2D eigenvalue weighted by molar-refractivity contribution is 8.18. The molecule has 3 amide bonds. The van der Waals surface area contributed by atoms with Gasteiger partial charge in [-0.2, -0.15) is 0 Å². The van der Waals surface area contributed by atoms with Crippen LogP contribution < -0.4 is 5.32 Å². The summed E-state index contributed by atoms with van der Waals surface area (Å²) >= 11 is 0.630. The Morgan fingerprint density at radius 2 is 1.89 bits per heavy atom. The summed E-state index contributed by atoms with van der Waals surface area (Å²) in [6.45, 7) is -0.499. The van der Waals surface area contributed by atoms with Gasteiger partial charge in [-0.25, -0.2) is 8.78 Å². The molecule has 12 heteroatoms. The molecule has 1 aliphatic rings. The number of nitro benzene ring substituents is 1. The molecule has 0 spiro atoms. The minimum Gasteiger partial charge on any atom is -0.343 e. The van der Waals surface area contributed by atoms with E-state index >= 15 is 0 Å². The largest absolute Gasteiger partial charge is 0.343 e. The summed E-state index contributed by atoms with van der Waals surface area (Å²) in [6, 6.07) is 12.2. The topological polar surface area (TPSA) is 115 Å². The van der Waals surface area contributed by atoms with Gasteiger partial charge < -0.3 is 9.88 Å². The zero-order valence-electron chi connectivity index (χ0n) is 17.8. The quantitative estimate of drug-likeness (QED) is 0.293. The van der Waals surface area contributed by atoms with E-state index in [0.29, 0.717) is 34.0 Å². The van der Waals surface area contributed by atoms with Crippen molar-refractivity contribution in [2.24, 2.45) is 0 Å². The van der Waals surface area contributed by atoms with E-state index in [4.69, 9.17) is 0 Å². The fraction of sp³-hybridized carbons (Fsp3) is 0.0870. The number of nitrogens with zero attached hydrogens (tertiary/aromatic N) is 3. The van der Waals surface area contributed by atoms with Crippen LogP contribution in [0.4, 0.5) is 25.0 Å². The molecule has 1 saturated heterocycles. The first-order chi connectivity index (χ1) is 16.7. The fourth-order valence-electron chi connectivity index (χ4n) is 3.40. The van der Waals surface area contributed by atoms with Crippen molar-refractivity contribution < 1.29 is 28.1 Å². The first-order valence-corrected chi connectivity index (χ1v) is 10.9. The van der Waals surface area contributed by atoms with E-state index in [0.717, 1.165) is 12.1 Å². The summed E-state index contributed by atoms with van der Waals surface area (Å²) in [4.78, 5) is 49.0. The van der Waals surface area contributed by atoms with Gasteiger partial charge in [0.1, 0.15) is 18.2 Å². The molecular weight excluding hydrogens is 482 g/mol. The second-order valence-corrected chi connectivity index (χ2v) is 8.38. The number of carbonyl (C=O) groups is 3. The van der Waals surface area contributed by atoms with Crippen molar-refractivity contribution in [3.8, 4) is 0 Å². The number of hydrogen-bond donors (Lipinski definition) is 1. The van der Waals surface area contributed by atoms with E-state index in [9.17, 15) is 33.3 Å². The number of hydrogen-bond acceptors (Lipinski definition) is 6. The molecule has 35 heavy (non-hydrogen) atoms. The van der Waals surface area contributed by atoms with E-state index in [1.165, 1.54) is 12.1 Å². The van der Waals surface area contributed by atoms with Gasteiger partial charge in [0.2, 0.25) is 5.91 Å². The van der Waals surface area contributed by atoms with Crippen molar-refractivity contribution in [2.45, 2.75) is 6.54 Å². The minimum absolute atomic E-state index is 0.0453. The highest BCUT2D eigenvalue weighted by atomic mass is 32.2. The third kappa shape index (κ3) is 5.27. The highest BCUT2D eigenvalue weighted by Gasteiger charge is 2.36. The number of carbonyl (C=O) groups excluding carboxylic acids is 3. The van der Waals surface area contributed by atoms with Crippen LogP contribution >= 0.6 is 11.8 Å². The molecule has 0 radical (unpaired) electrons. The molecule has 4 rings (SSSR count). The molecule has 0 atom stereocenters. The molecule has 2 heterocycles. The highest BCUT2D eigenvalue weighted by Crippen LogP contribution is 2.32. The zero-order chi connectivity index (χ0) is 25.1. The Morgan fingerprint density at radius 3 is 2.63 bits per heavy atom. The molecule has 0 bridgehead atoms. The third-order valence-corrected chi connectivity index (χ3v) is 5.96. The standard InChI is InChI=1S/C23H16F2N4O5S/c24-15-7-8-18(17(25)10-15)26-21(30)13-28-22(31)20(35-23(28)32)11-16-5-3-9-27(16)12-14-4-1-2-6-19(14)29(33)34/h1-11H,12-13H2,(H,26,30)/b20-11+. The van der Waals surface area contributed by atoms with E-state index in [-0.39, 0.29) is 22.8 Å². The number of imide groups is 1. The van der Waals surface area contributed by atoms with E-state index in [2.05, 4.69) is 5.32 Å². The molecule has 9 nitrogen and oxygen atoms in total. The summed E-state index contributed by atoms with van der Waals surface area (Å²) in [7, 11) is 0. The summed E-state index contributed by atoms with van der Waals surface area (Å²) in [5, 5.41) is 12.8. The average molecular weight is 498 g/mol. The summed E-state index contributed by atoms with van der Waals surface area (Å²) in [5.41, 5.74) is 0.649. The normalized spacial score (nSPS) is 14.6. The van der Waals surface area contributed by atoms with Gasteiger partial charge in [-0.05, 0) is 42.1 Å². The van der Waals surface area contributed by atoms with Crippen molar-refractivity contribution in [1.29, 1.82) is 0 Å². The first-order valence-electron chi connectivity index (χ1n) is 10.1. The number of amides is 3. The maximum Gasteiger partial charge on any atom is 0.294 e. The average Bonchev–Trinajstić information content (AvgIpc) is 3.35. The lowest BCUT2D eigenvalue weighted by atomic mass is 10.2. The van der Waals surface area contributed by atoms with Crippen LogP contribution in [0.3, 0.4) is 0 Å². The number of nitrogens with one attached hydrogen (secondary N) is 1. The van der Waals surface area contributed by atoms with Crippen LogP contribution in [-0.2, 0) is 16.1 Å². The van der Waals surface area contributed by atoms with Gasteiger partial charge in [0.25, 0.3) is 16.8 Å². The smallest absolute Gasteiger partial charge is 0.294 e. The lowest BCUT2D eigenvalue weighted by molar-refractivity contribution is -0.385. The Labute approximate surface area is 201 Å². The maximum absolute atomic E-state index is 13.8. The van der Waals surface area contributed by atoms with Gasteiger partial charge in [0, 0.05) is 29.6 Å². The maximum atomic E-state index is 13.8. The minimum atomic E-state index is -0.994. The Kier molecular flexibility index (Phi) is 6.73. The van der Waals surface area contributed by atoms with Gasteiger partial charge in [0.05, 0.1) is 22.1 Å². The van der Waals surface area contributed by atoms with Crippen molar-refractivity contribution in [1.82, 2.24) is 9.47 Å². The molecule has 1 aliphatic heterocycles. The summed E-state index contributed by atoms with van der Waals surface area (Å²) in [6.07, 6.45) is 3.13. The lowest BCUT2D eigenvalue weighted by Gasteiger charge is -2.13. The van der Waals surface area contributed by atoms with Gasteiger partial charge in [-0.1, -0.05) is 18.2 Å². The number of halogens is 2. The van der Waals surface area contributed by atoms with Crippen molar-refractivity contribution in [3.63, 3.8) is 0 Å². The van der Waals surface area contributed by atoms with Crippen LogP contribution in [0.25, 0.3) is 6.08 Å². The van der Waals surface area contributed by atoms with E-state index < -0.39 is 40.2 Å². The van der Waals surface area contributed by atoms with Crippen LogP contribution in [0.1, 0.15) is 11.3 Å². The van der Waals surface area contributed by atoms with Gasteiger partial charge in [-0.15, -0.1) is 0 Å². The van der Waals surface area contributed by atoms with Crippen molar-refractivity contribution in [2.75, 3.05) is 11.9 Å². The molecule has 2 aromatic carbocycles. The molecule has 0 unspecified atom stereocenters.